The predicted octanol–water partition coefficient (Wildman–Crippen LogP) is 3.05. The van der Waals surface area contributed by atoms with Crippen molar-refractivity contribution in [3.8, 4) is 17.9 Å². The quantitative estimate of drug-likeness (QED) is 0.920. The van der Waals surface area contributed by atoms with Gasteiger partial charge in [0.15, 0.2) is 0 Å². The number of para-hydroxylation sites is 1. The van der Waals surface area contributed by atoms with Crippen molar-refractivity contribution in [2.24, 2.45) is 0 Å². The van der Waals surface area contributed by atoms with Gasteiger partial charge in [0.1, 0.15) is 17.9 Å². The van der Waals surface area contributed by atoms with Crippen molar-refractivity contribution in [1.82, 2.24) is 0 Å². The molecule has 0 atom stereocenters. The standard InChI is InChI=1S/C16H13N3O/c1-20-16-8-12(6-7-14(16)10-18)11-19-15-5-3-2-4-13(15)9-17/h2-8,19H,11H2,1H3. The van der Waals surface area contributed by atoms with Crippen LogP contribution in [-0.2, 0) is 6.54 Å². The summed E-state index contributed by atoms with van der Waals surface area (Å²) in [7, 11) is 1.54. The Morgan fingerprint density at radius 3 is 2.50 bits per heavy atom. The van der Waals surface area contributed by atoms with E-state index in [4.69, 9.17) is 15.3 Å². The van der Waals surface area contributed by atoms with Gasteiger partial charge in [-0.1, -0.05) is 18.2 Å². The highest BCUT2D eigenvalue weighted by Gasteiger charge is 2.05. The van der Waals surface area contributed by atoms with Gasteiger partial charge in [-0.05, 0) is 29.8 Å². The van der Waals surface area contributed by atoms with Gasteiger partial charge < -0.3 is 10.1 Å². The van der Waals surface area contributed by atoms with E-state index in [9.17, 15) is 0 Å². The van der Waals surface area contributed by atoms with Crippen LogP contribution in [-0.4, -0.2) is 7.11 Å². The smallest absolute Gasteiger partial charge is 0.136 e. The highest BCUT2D eigenvalue weighted by atomic mass is 16.5. The second kappa shape index (κ2) is 6.26. The third-order valence-electron chi connectivity index (χ3n) is 2.92. The minimum Gasteiger partial charge on any atom is -0.495 e. The molecule has 0 aromatic heterocycles. The van der Waals surface area contributed by atoms with Crippen molar-refractivity contribution < 1.29 is 4.74 Å². The Balaban J connectivity index is 2.16. The first-order valence-electron chi connectivity index (χ1n) is 6.08. The van der Waals surface area contributed by atoms with Crippen molar-refractivity contribution in [2.75, 3.05) is 12.4 Å². The molecule has 0 fully saturated rings. The molecular weight excluding hydrogens is 250 g/mol. The van der Waals surface area contributed by atoms with Gasteiger partial charge in [0, 0.05) is 6.54 Å². The first kappa shape index (κ1) is 13.5. The summed E-state index contributed by atoms with van der Waals surface area (Å²) in [6.45, 7) is 0.556. The Kier molecular flexibility index (Phi) is 4.21. The molecule has 0 heterocycles. The van der Waals surface area contributed by atoms with Gasteiger partial charge in [-0.3, -0.25) is 0 Å². The normalized spacial score (nSPS) is 9.35. The molecule has 0 radical (unpaired) electrons. The Labute approximate surface area is 117 Å². The zero-order chi connectivity index (χ0) is 14.4. The maximum atomic E-state index is 9.02. The van der Waals surface area contributed by atoms with Crippen LogP contribution in [0.4, 0.5) is 5.69 Å². The van der Waals surface area contributed by atoms with Crippen molar-refractivity contribution in [3.63, 3.8) is 0 Å². The lowest BCUT2D eigenvalue weighted by atomic mass is 10.1. The maximum Gasteiger partial charge on any atom is 0.136 e. The summed E-state index contributed by atoms with van der Waals surface area (Å²) in [5.74, 6) is 0.556. The zero-order valence-corrected chi connectivity index (χ0v) is 11.1. The van der Waals surface area contributed by atoms with Gasteiger partial charge in [-0.25, -0.2) is 0 Å². The lowest BCUT2D eigenvalue weighted by molar-refractivity contribution is 0.413. The summed E-state index contributed by atoms with van der Waals surface area (Å²) in [6.07, 6.45) is 0. The molecule has 0 saturated heterocycles. The molecule has 4 heteroatoms. The fourth-order valence-corrected chi connectivity index (χ4v) is 1.87. The molecule has 98 valence electrons. The number of methoxy groups -OCH3 is 1. The van der Waals surface area contributed by atoms with Crippen LogP contribution in [0.5, 0.6) is 5.75 Å². The molecule has 0 aliphatic rings. The monoisotopic (exact) mass is 263 g/mol. The summed E-state index contributed by atoms with van der Waals surface area (Å²) in [4.78, 5) is 0. The van der Waals surface area contributed by atoms with Crippen LogP contribution in [0, 0.1) is 22.7 Å². The largest absolute Gasteiger partial charge is 0.495 e. The number of rotatable bonds is 4. The van der Waals surface area contributed by atoms with E-state index in [2.05, 4.69) is 17.5 Å². The molecule has 0 aliphatic carbocycles. The summed E-state index contributed by atoms with van der Waals surface area (Å²) >= 11 is 0. The molecule has 1 N–H and O–H groups in total. The number of hydrogen-bond donors (Lipinski definition) is 1. The molecule has 0 bridgehead atoms. The second-order valence-corrected chi connectivity index (χ2v) is 4.16. The molecule has 2 rings (SSSR count). The Morgan fingerprint density at radius 2 is 1.80 bits per heavy atom. The lowest BCUT2D eigenvalue weighted by Crippen LogP contribution is -2.02. The van der Waals surface area contributed by atoms with Crippen molar-refractivity contribution >= 4 is 5.69 Å². The van der Waals surface area contributed by atoms with E-state index in [1.54, 1.807) is 19.2 Å². The molecule has 0 amide bonds. The highest BCUT2D eigenvalue weighted by molar-refractivity contribution is 5.57. The summed E-state index contributed by atoms with van der Waals surface area (Å²) in [6, 6.07) is 17.0. The van der Waals surface area contributed by atoms with Crippen LogP contribution in [0.2, 0.25) is 0 Å². The first-order chi connectivity index (χ1) is 9.78. The lowest BCUT2D eigenvalue weighted by Gasteiger charge is -2.10. The average molecular weight is 263 g/mol. The minimum atomic E-state index is 0.508. The van der Waals surface area contributed by atoms with Crippen molar-refractivity contribution in [2.45, 2.75) is 6.54 Å². The van der Waals surface area contributed by atoms with Gasteiger partial charge in [0.25, 0.3) is 0 Å². The molecule has 2 aromatic rings. The number of anilines is 1. The van der Waals surface area contributed by atoms with Gasteiger partial charge >= 0.3 is 0 Å². The third-order valence-corrected chi connectivity index (χ3v) is 2.92. The average Bonchev–Trinajstić information content (AvgIpc) is 2.52. The molecule has 0 saturated carbocycles. The van der Waals surface area contributed by atoms with E-state index in [1.165, 1.54) is 0 Å². The van der Waals surface area contributed by atoms with Crippen molar-refractivity contribution in [1.29, 1.82) is 10.5 Å². The Morgan fingerprint density at radius 1 is 1.05 bits per heavy atom. The SMILES string of the molecule is COc1cc(CNc2ccccc2C#N)ccc1C#N. The van der Waals surface area contributed by atoms with Gasteiger partial charge in [0.2, 0.25) is 0 Å². The highest BCUT2D eigenvalue weighted by Crippen LogP contribution is 2.21. The fourth-order valence-electron chi connectivity index (χ4n) is 1.87. The minimum absolute atomic E-state index is 0.508. The van der Waals surface area contributed by atoms with Crippen molar-refractivity contribution in [3.05, 3.63) is 59.2 Å². The van der Waals surface area contributed by atoms with Crippen LogP contribution in [0.15, 0.2) is 42.5 Å². The second-order valence-electron chi connectivity index (χ2n) is 4.16. The molecule has 0 aliphatic heterocycles. The third kappa shape index (κ3) is 2.88. The topological polar surface area (TPSA) is 68.8 Å². The van der Waals surface area contributed by atoms with Gasteiger partial charge in [-0.15, -0.1) is 0 Å². The van der Waals surface area contributed by atoms with Crippen LogP contribution in [0.3, 0.4) is 0 Å². The van der Waals surface area contributed by atoms with Gasteiger partial charge in [0.05, 0.1) is 23.9 Å². The van der Waals surface area contributed by atoms with E-state index in [0.29, 0.717) is 23.4 Å². The maximum absolute atomic E-state index is 9.02. The number of hydrogen-bond acceptors (Lipinski definition) is 4. The van der Waals surface area contributed by atoms with E-state index in [1.807, 2.05) is 30.3 Å². The van der Waals surface area contributed by atoms with Crippen LogP contribution >= 0.6 is 0 Å². The van der Waals surface area contributed by atoms with Gasteiger partial charge in [-0.2, -0.15) is 10.5 Å². The van der Waals surface area contributed by atoms with E-state index < -0.39 is 0 Å². The summed E-state index contributed by atoms with van der Waals surface area (Å²) in [5, 5.41) is 21.2. The number of nitrogens with zero attached hydrogens (tertiary/aromatic N) is 2. The summed E-state index contributed by atoms with van der Waals surface area (Å²) < 4.78 is 5.17. The molecule has 20 heavy (non-hydrogen) atoms. The number of benzene rings is 2. The van der Waals surface area contributed by atoms with E-state index in [0.717, 1.165) is 11.3 Å². The molecule has 0 spiro atoms. The van der Waals surface area contributed by atoms with Crippen LogP contribution in [0.25, 0.3) is 0 Å². The van der Waals surface area contributed by atoms with Crippen LogP contribution < -0.4 is 10.1 Å². The fraction of sp³-hybridized carbons (Fsp3) is 0.125. The summed E-state index contributed by atoms with van der Waals surface area (Å²) in [5.41, 5.74) is 2.88. The first-order valence-corrected chi connectivity index (χ1v) is 6.08. The predicted molar refractivity (Wildman–Crippen MR) is 76.2 cm³/mol. The van der Waals surface area contributed by atoms with E-state index in [-0.39, 0.29) is 0 Å². The van der Waals surface area contributed by atoms with Crippen LogP contribution in [0.1, 0.15) is 16.7 Å². The Bertz CT molecular complexity index is 696. The molecular formula is C16H13N3O. The Hall–Kier alpha value is -2.98. The number of nitrogens with one attached hydrogen (secondary N) is 1. The number of ether oxygens (including phenoxy) is 1. The molecule has 2 aromatic carbocycles. The number of nitriles is 2. The van der Waals surface area contributed by atoms with E-state index >= 15 is 0 Å². The zero-order valence-electron chi connectivity index (χ0n) is 11.1. The molecule has 0 unspecified atom stereocenters. The molecule has 4 nitrogen and oxygen atoms in total.